The minimum absolute atomic E-state index is 0.220. The molecule has 0 saturated carbocycles. The Kier molecular flexibility index (Phi) is 6.76. The van der Waals surface area contributed by atoms with Crippen LogP contribution in [-0.2, 0) is 9.53 Å². The van der Waals surface area contributed by atoms with Crippen LogP contribution in [0.5, 0.6) is 0 Å². The fourth-order valence-electron chi connectivity index (χ4n) is 0.849. The third-order valence-corrected chi connectivity index (χ3v) is 3.04. The summed E-state index contributed by atoms with van der Waals surface area (Å²) in [7, 11) is -0.459. The lowest BCUT2D eigenvalue weighted by Gasteiger charge is -2.03. The van der Waals surface area contributed by atoms with Crippen molar-refractivity contribution < 1.29 is 9.53 Å². The van der Waals surface area contributed by atoms with E-state index in [1.165, 1.54) is 12.1 Å². The highest BCUT2D eigenvalue weighted by Crippen LogP contribution is 1.97. The van der Waals surface area contributed by atoms with E-state index in [2.05, 4.69) is 13.1 Å². The molecule has 2 nitrogen and oxygen atoms in total. The first kappa shape index (κ1) is 11.4. The molecule has 0 rings (SSSR count). The van der Waals surface area contributed by atoms with Gasteiger partial charge in [-0.1, -0.05) is 25.2 Å². The van der Waals surface area contributed by atoms with Crippen molar-refractivity contribution in [3.8, 4) is 0 Å². The van der Waals surface area contributed by atoms with Crippen LogP contribution >= 0.6 is 0 Å². The van der Waals surface area contributed by atoms with Crippen molar-refractivity contribution in [1.29, 1.82) is 0 Å². The van der Waals surface area contributed by atoms with Crippen LogP contribution in [0, 0.1) is 0 Å². The predicted octanol–water partition coefficient (Wildman–Crippen LogP) is 1.98. The molecule has 0 aromatic carbocycles. The molecule has 0 radical (unpaired) electrons. The van der Waals surface area contributed by atoms with Crippen LogP contribution in [0.2, 0.25) is 19.1 Å². The third-order valence-electron chi connectivity index (χ3n) is 1.47. The summed E-state index contributed by atoms with van der Waals surface area (Å²) in [5.41, 5.74) is 0. The molecule has 0 aromatic rings. The van der Waals surface area contributed by atoms with Crippen molar-refractivity contribution in [1.82, 2.24) is 0 Å². The van der Waals surface area contributed by atoms with E-state index in [4.69, 9.17) is 4.74 Å². The second-order valence-corrected chi connectivity index (χ2v) is 6.57. The van der Waals surface area contributed by atoms with Crippen LogP contribution in [0.25, 0.3) is 0 Å². The normalized spacial score (nSPS) is 11.0. The van der Waals surface area contributed by atoms with Crippen LogP contribution in [-0.4, -0.2) is 21.4 Å². The Labute approximate surface area is 76.2 Å². The van der Waals surface area contributed by atoms with E-state index in [1.807, 2.05) is 6.92 Å². The molecule has 0 aliphatic carbocycles. The van der Waals surface area contributed by atoms with Gasteiger partial charge in [0.25, 0.3) is 0 Å². The van der Waals surface area contributed by atoms with E-state index in [9.17, 15) is 4.79 Å². The van der Waals surface area contributed by atoms with Gasteiger partial charge in [0.1, 0.15) is 0 Å². The summed E-state index contributed by atoms with van der Waals surface area (Å²) in [6.45, 7) is 6.98. The summed E-state index contributed by atoms with van der Waals surface area (Å²) in [5, 5.41) is 0. The van der Waals surface area contributed by atoms with Gasteiger partial charge in [-0.3, -0.25) is 0 Å². The molecule has 12 heavy (non-hydrogen) atoms. The quantitative estimate of drug-likeness (QED) is 0.284. The molecule has 0 aliphatic heterocycles. The highest BCUT2D eigenvalue weighted by Gasteiger charge is 1.98. The molecule has 0 N–H and O–H groups in total. The molecule has 0 bridgehead atoms. The maximum absolute atomic E-state index is 10.8. The second kappa shape index (κ2) is 7.10. The summed E-state index contributed by atoms with van der Waals surface area (Å²) in [5.74, 6) is -0.220. The van der Waals surface area contributed by atoms with Gasteiger partial charge in [-0.05, 0) is 13.3 Å². The number of ether oxygens (including phenoxy) is 1. The van der Waals surface area contributed by atoms with E-state index in [0.29, 0.717) is 6.61 Å². The molecule has 0 saturated heterocycles. The number of hydrogen-bond acceptors (Lipinski definition) is 2. The average molecular weight is 186 g/mol. The molecular weight excluding hydrogens is 168 g/mol. The average Bonchev–Trinajstić information content (AvgIpc) is 1.98. The molecule has 0 fully saturated rings. The SMILES string of the molecule is CC=CC(=O)OCCC[SiH](C)C. The van der Waals surface area contributed by atoms with Gasteiger partial charge in [-0.2, -0.15) is 0 Å². The summed E-state index contributed by atoms with van der Waals surface area (Å²) in [6, 6.07) is 1.25. The van der Waals surface area contributed by atoms with Gasteiger partial charge in [-0.15, -0.1) is 0 Å². The van der Waals surface area contributed by atoms with Crippen molar-refractivity contribution >= 4 is 14.8 Å². The number of allylic oxidation sites excluding steroid dienone is 1. The first-order chi connectivity index (χ1) is 5.66. The van der Waals surface area contributed by atoms with Gasteiger partial charge >= 0.3 is 5.97 Å². The minimum Gasteiger partial charge on any atom is -0.463 e. The molecule has 0 unspecified atom stereocenters. The highest BCUT2D eigenvalue weighted by atomic mass is 28.3. The molecule has 3 heteroatoms. The third kappa shape index (κ3) is 7.53. The van der Waals surface area contributed by atoms with Crippen LogP contribution in [0.15, 0.2) is 12.2 Å². The van der Waals surface area contributed by atoms with Crippen LogP contribution < -0.4 is 0 Å². The van der Waals surface area contributed by atoms with Gasteiger partial charge in [0.05, 0.1) is 6.61 Å². The molecule has 0 aromatic heterocycles. The van der Waals surface area contributed by atoms with E-state index < -0.39 is 8.80 Å². The van der Waals surface area contributed by atoms with Crippen molar-refractivity contribution in [3.63, 3.8) is 0 Å². The zero-order valence-electron chi connectivity index (χ0n) is 8.17. The number of esters is 1. The maximum atomic E-state index is 10.8. The van der Waals surface area contributed by atoms with E-state index >= 15 is 0 Å². The molecule has 0 amide bonds. The Hall–Kier alpha value is -0.573. The van der Waals surface area contributed by atoms with E-state index in [0.717, 1.165) is 6.42 Å². The van der Waals surface area contributed by atoms with Gasteiger partial charge in [0.15, 0.2) is 0 Å². The smallest absolute Gasteiger partial charge is 0.330 e. The Morgan fingerprint density at radius 3 is 2.67 bits per heavy atom. The minimum atomic E-state index is -0.459. The van der Waals surface area contributed by atoms with E-state index in [-0.39, 0.29) is 5.97 Å². The van der Waals surface area contributed by atoms with E-state index in [1.54, 1.807) is 6.08 Å². The monoisotopic (exact) mass is 186 g/mol. The highest BCUT2D eigenvalue weighted by molar-refractivity contribution is 6.55. The lowest BCUT2D eigenvalue weighted by molar-refractivity contribution is -0.137. The lowest BCUT2D eigenvalue weighted by Crippen LogP contribution is -2.05. The zero-order valence-corrected chi connectivity index (χ0v) is 9.32. The molecular formula is C9H18O2Si. The largest absolute Gasteiger partial charge is 0.463 e. The standard InChI is InChI=1S/C9H18O2Si/c1-4-6-9(10)11-7-5-8-12(2)3/h4,6,12H,5,7-8H2,1-3H3. The van der Waals surface area contributed by atoms with Crippen LogP contribution in [0.1, 0.15) is 13.3 Å². The van der Waals surface area contributed by atoms with Gasteiger partial charge in [0, 0.05) is 14.9 Å². The van der Waals surface area contributed by atoms with Crippen LogP contribution in [0.4, 0.5) is 0 Å². The van der Waals surface area contributed by atoms with Gasteiger partial charge in [-0.25, -0.2) is 4.79 Å². The molecule has 0 heterocycles. The zero-order chi connectivity index (χ0) is 9.40. The Morgan fingerprint density at radius 1 is 1.50 bits per heavy atom. The molecule has 0 atom stereocenters. The van der Waals surface area contributed by atoms with Gasteiger partial charge < -0.3 is 4.74 Å². The molecule has 70 valence electrons. The number of carbonyl (C=O) groups is 1. The van der Waals surface area contributed by atoms with Crippen molar-refractivity contribution in [2.75, 3.05) is 6.61 Å². The fraction of sp³-hybridized carbons (Fsp3) is 0.667. The lowest BCUT2D eigenvalue weighted by atomic mass is 10.5. The van der Waals surface area contributed by atoms with Gasteiger partial charge in [0.2, 0.25) is 0 Å². The van der Waals surface area contributed by atoms with Crippen molar-refractivity contribution in [2.24, 2.45) is 0 Å². The summed E-state index contributed by atoms with van der Waals surface area (Å²) >= 11 is 0. The molecule has 0 aliphatic rings. The first-order valence-electron chi connectivity index (χ1n) is 4.46. The summed E-state index contributed by atoms with van der Waals surface area (Å²) in [6.07, 6.45) is 4.17. The maximum Gasteiger partial charge on any atom is 0.330 e. The van der Waals surface area contributed by atoms with Crippen molar-refractivity contribution in [2.45, 2.75) is 32.5 Å². The Morgan fingerprint density at radius 2 is 2.17 bits per heavy atom. The number of rotatable bonds is 5. The topological polar surface area (TPSA) is 26.3 Å². The van der Waals surface area contributed by atoms with Crippen LogP contribution in [0.3, 0.4) is 0 Å². The predicted molar refractivity (Wildman–Crippen MR) is 54.1 cm³/mol. The molecule has 0 spiro atoms. The second-order valence-electron chi connectivity index (χ2n) is 3.20. The summed E-state index contributed by atoms with van der Waals surface area (Å²) < 4.78 is 4.93. The summed E-state index contributed by atoms with van der Waals surface area (Å²) in [4.78, 5) is 10.8. The first-order valence-corrected chi connectivity index (χ1v) is 7.59. The number of carbonyl (C=O) groups excluding carboxylic acids is 1. The fourth-order valence-corrected chi connectivity index (χ4v) is 1.83. The van der Waals surface area contributed by atoms with Crippen molar-refractivity contribution in [3.05, 3.63) is 12.2 Å². The number of hydrogen-bond donors (Lipinski definition) is 0. The Balaban J connectivity index is 3.25. The Bertz CT molecular complexity index is 153.